The number of carbonyl (C=O) groups is 1. The van der Waals surface area contributed by atoms with Gasteiger partial charge in [-0.3, -0.25) is 4.79 Å². The Balaban J connectivity index is 1.23. The first-order valence-electron chi connectivity index (χ1n) is 10.4. The first-order valence-corrected chi connectivity index (χ1v) is 10.8. The number of hydrogen-bond donors (Lipinski definition) is 2. The second kappa shape index (κ2) is 5.21. The standard InChI is InChI=1S/C22H26ClNO3/c23-18-7-17(25)2-1-12(18)5-13-3-4-24(20(13)26)19-14-6-16-11-22(27)10-15(19)9-21(16,22)8-14/h1-2,7,13-16,19,25,27H,3-6,8-11H2. The molecule has 0 aromatic heterocycles. The predicted molar refractivity (Wildman–Crippen MR) is 101 cm³/mol. The number of aliphatic hydroxyl groups is 1. The van der Waals surface area contributed by atoms with Gasteiger partial charge >= 0.3 is 0 Å². The summed E-state index contributed by atoms with van der Waals surface area (Å²) >= 11 is 6.27. The molecule has 1 saturated heterocycles. The molecule has 6 rings (SSSR count). The molecule has 144 valence electrons. The van der Waals surface area contributed by atoms with Crippen LogP contribution in [0, 0.1) is 29.1 Å². The Labute approximate surface area is 164 Å². The summed E-state index contributed by atoms with van der Waals surface area (Å²) in [5, 5.41) is 21.2. The molecule has 5 heteroatoms. The van der Waals surface area contributed by atoms with Gasteiger partial charge in [-0.25, -0.2) is 0 Å². The summed E-state index contributed by atoms with van der Waals surface area (Å²) in [6.45, 7) is 0.840. The predicted octanol–water partition coefficient (Wildman–Crippen LogP) is 3.38. The number of phenols is 1. The van der Waals surface area contributed by atoms with Crippen molar-refractivity contribution >= 4 is 17.5 Å². The number of benzene rings is 1. The van der Waals surface area contributed by atoms with Gasteiger partial charge in [-0.2, -0.15) is 0 Å². The van der Waals surface area contributed by atoms with Crippen molar-refractivity contribution in [1.82, 2.24) is 4.90 Å². The molecule has 1 aromatic carbocycles. The smallest absolute Gasteiger partial charge is 0.226 e. The van der Waals surface area contributed by atoms with Crippen LogP contribution in [0.3, 0.4) is 0 Å². The van der Waals surface area contributed by atoms with Crippen LogP contribution in [0.5, 0.6) is 5.75 Å². The monoisotopic (exact) mass is 387 g/mol. The highest BCUT2D eigenvalue weighted by Crippen LogP contribution is 2.77. The van der Waals surface area contributed by atoms with Crippen molar-refractivity contribution in [3.8, 4) is 5.75 Å². The van der Waals surface area contributed by atoms with Crippen molar-refractivity contribution in [2.45, 2.75) is 56.6 Å². The number of hydrogen-bond acceptors (Lipinski definition) is 3. The number of carbonyl (C=O) groups excluding carboxylic acids is 1. The van der Waals surface area contributed by atoms with Crippen LogP contribution >= 0.6 is 11.6 Å². The number of amides is 1. The van der Waals surface area contributed by atoms with Crippen molar-refractivity contribution in [2.75, 3.05) is 6.54 Å². The first-order chi connectivity index (χ1) is 12.9. The molecule has 1 spiro atoms. The van der Waals surface area contributed by atoms with E-state index in [0.29, 0.717) is 35.2 Å². The second-order valence-electron chi connectivity index (χ2n) is 9.94. The lowest BCUT2D eigenvalue weighted by Gasteiger charge is -2.55. The number of likely N-dealkylation sites (tertiary alicyclic amines) is 1. The van der Waals surface area contributed by atoms with Crippen LogP contribution in [-0.4, -0.2) is 39.2 Å². The number of rotatable bonds is 3. The molecular formula is C22H26ClNO3. The van der Waals surface area contributed by atoms with Crippen LogP contribution in [-0.2, 0) is 11.2 Å². The number of halogens is 1. The van der Waals surface area contributed by atoms with E-state index in [1.807, 2.05) is 6.07 Å². The Bertz CT molecular complexity index is 839. The molecule has 1 aliphatic heterocycles. The number of phenolic OH excluding ortho intramolecular Hbond substituents is 1. The minimum absolute atomic E-state index is 0.0147. The highest BCUT2D eigenvalue weighted by Gasteiger charge is 2.76. The third-order valence-corrected chi connectivity index (χ3v) is 9.26. The highest BCUT2D eigenvalue weighted by atomic mass is 35.5. The summed E-state index contributed by atoms with van der Waals surface area (Å²) in [5.74, 6) is 2.20. The van der Waals surface area contributed by atoms with Gasteiger partial charge < -0.3 is 15.1 Å². The fourth-order valence-corrected chi connectivity index (χ4v) is 8.20. The lowest BCUT2D eigenvalue weighted by molar-refractivity contribution is -0.176. The normalized spacial score (nSPS) is 46.8. The quantitative estimate of drug-likeness (QED) is 0.835. The van der Waals surface area contributed by atoms with Gasteiger partial charge in [0.05, 0.1) is 5.60 Å². The maximum atomic E-state index is 13.3. The Hall–Kier alpha value is -1.26. The van der Waals surface area contributed by atoms with Crippen molar-refractivity contribution < 1.29 is 15.0 Å². The largest absolute Gasteiger partial charge is 0.508 e. The Morgan fingerprint density at radius 3 is 2.81 bits per heavy atom. The topological polar surface area (TPSA) is 60.8 Å². The van der Waals surface area contributed by atoms with E-state index in [1.54, 1.807) is 12.1 Å². The average molecular weight is 388 g/mol. The van der Waals surface area contributed by atoms with Crippen molar-refractivity contribution in [3.05, 3.63) is 28.8 Å². The van der Waals surface area contributed by atoms with E-state index in [2.05, 4.69) is 4.90 Å². The molecular weight excluding hydrogens is 362 g/mol. The minimum Gasteiger partial charge on any atom is -0.508 e. The number of nitrogens with zero attached hydrogens (tertiary/aromatic N) is 1. The van der Waals surface area contributed by atoms with Crippen molar-refractivity contribution in [3.63, 3.8) is 0 Å². The number of fused-ring (bicyclic) bond motifs is 2. The van der Waals surface area contributed by atoms with E-state index >= 15 is 0 Å². The molecule has 4 aliphatic carbocycles. The van der Waals surface area contributed by atoms with Crippen LogP contribution in [0.4, 0.5) is 0 Å². The lowest BCUT2D eigenvalue weighted by Crippen LogP contribution is -2.57. The van der Waals surface area contributed by atoms with E-state index in [0.717, 1.165) is 44.2 Å². The Kier molecular flexibility index (Phi) is 3.22. The van der Waals surface area contributed by atoms with Crippen LogP contribution in [0.15, 0.2) is 18.2 Å². The van der Waals surface area contributed by atoms with Gasteiger partial charge in [0.15, 0.2) is 0 Å². The molecule has 4 saturated carbocycles. The zero-order valence-corrected chi connectivity index (χ0v) is 16.2. The second-order valence-corrected chi connectivity index (χ2v) is 10.4. The highest BCUT2D eigenvalue weighted by molar-refractivity contribution is 6.31. The van der Waals surface area contributed by atoms with Crippen LogP contribution in [0.1, 0.15) is 44.1 Å². The van der Waals surface area contributed by atoms with Crippen molar-refractivity contribution in [1.29, 1.82) is 0 Å². The van der Waals surface area contributed by atoms with E-state index in [4.69, 9.17) is 11.6 Å². The summed E-state index contributed by atoms with van der Waals surface area (Å²) in [6, 6.07) is 5.37. The molecule has 4 nitrogen and oxygen atoms in total. The van der Waals surface area contributed by atoms with E-state index < -0.39 is 5.60 Å². The van der Waals surface area contributed by atoms with Gasteiger partial charge in [0, 0.05) is 28.9 Å². The van der Waals surface area contributed by atoms with Gasteiger partial charge in [0.2, 0.25) is 5.91 Å². The Morgan fingerprint density at radius 2 is 2.00 bits per heavy atom. The van der Waals surface area contributed by atoms with Gasteiger partial charge in [-0.1, -0.05) is 17.7 Å². The maximum absolute atomic E-state index is 13.3. The third-order valence-electron chi connectivity index (χ3n) is 8.91. The minimum atomic E-state index is -0.423. The summed E-state index contributed by atoms with van der Waals surface area (Å²) < 4.78 is 0. The molecule has 1 amide bonds. The van der Waals surface area contributed by atoms with Crippen LogP contribution < -0.4 is 0 Å². The molecule has 1 aromatic rings. The fraction of sp³-hybridized carbons (Fsp3) is 0.682. The van der Waals surface area contributed by atoms with E-state index in [9.17, 15) is 15.0 Å². The van der Waals surface area contributed by atoms with Gasteiger partial charge in [-0.05, 0) is 80.4 Å². The molecule has 5 aliphatic rings. The summed E-state index contributed by atoms with van der Waals surface area (Å²) in [6.07, 6.45) is 6.91. The first kappa shape index (κ1) is 16.7. The molecule has 7 unspecified atom stereocenters. The molecule has 3 bridgehead atoms. The maximum Gasteiger partial charge on any atom is 0.226 e. The third kappa shape index (κ3) is 2.01. The van der Waals surface area contributed by atoms with Gasteiger partial charge in [0.25, 0.3) is 0 Å². The van der Waals surface area contributed by atoms with Gasteiger partial charge in [-0.15, -0.1) is 0 Å². The molecule has 0 radical (unpaired) electrons. The van der Waals surface area contributed by atoms with Crippen molar-refractivity contribution in [2.24, 2.45) is 29.1 Å². The number of aromatic hydroxyl groups is 1. The summed E-state index contributed by atoms with van der Waals surface area (Å²) in [7, 11) is 0. The Morgan fingerprint density at radius 1 is 1.19 bits per heavy atom. The summed E-state index contributed by atoms with van der Waals surface area (Å²) in [5.41, 5.74) is 0.725. The molecule has 1 heterocycles. The average Bonchev–Trinajstić information content (AvgIpc) is 3.14. The van der Waals surface area contributed by atoms with E-state index in [-0.39, 0.29) is 23.0 Å². The van der Waals surface area contributed by atoms with Crippen LogP contribution in [0.25, 0.3) is 0 Å². The zero-order valence-electron chi connectivity index (χ0n) is 15.4. The molecule has 27 heavy (non-hydrogen) atoms. The molecule has 7 atom stereocenters. The molecule has 2 N–H and O–H groups in total. The SMILES string of the molecule is O=C1C(Cc2ccc(O)cc2Cl)CCN1C1C2CC3CC4(O)CC1CC34C2. The fourth-order valence-electron chi connectivity index (χ4n) is 7.95. The summed E-state index contributed by atoms with van der Waals surface area (Å²) in [4.78, 5) is 15.5. The zero-order chi connectivity index (χ0) is 18.6. The lowest BCUT2D eigenvalue weighted by atomic mass is 9.53. The van der Waals surface area contributed by atoms with Crippen LogP contribution in [0.2, 0.25) is 5.02 Å². The van der Waals surface area contributed by atoms with Gasteiger partial charge in [0.1, 0.15) is 5.75 Å². The van der Waals surface area contributed by atoms with E-state index in [1.165, 1.54) is 6.42 Å². The molecule has 5 fully saturated rings.